The highest BCUT2D eigenvalue weighted by Crippen LogP contribution is 2.45. The summed E-state index contributed by atoms with van der Waals surface area (Å²) >= 11 is 5.91. The molecular weight excluding hydrogens is 391 g/mol. The lowest BCUT2D eigenvalue weighted by Gasteiger charge is -2.49. The highest BCUT2D eigenvalue weighted by atomic mass is 32.1. The van der Waals surface area contributed by atoms with E-state index in [-0.39, 0.29) is 29.8 Å². The summed E-state index contributed by atoms with van der Waals surface area (Å²) < 4.78 is 19.0. The van der Waals surface area contributed by atoms with Crippen molar-refractivity contribution in [1.82, 2.24) is 9.80 Å². The number of hydrogen-bond donors (Lipinski definition) is 1. The van der Waals surface area contributed by atoms with Crippen molar-refractivity contribution in [2.45, 2.75) is 69.4 Å². The van der Waals surface area contributed by atoms with Crippen molar-refractivity contribution in [3.8, 4) is 0 Å². The van der Waals surface area contributed by atoms with Crippen LogP contribution in [0.25, 0.3) is 0 Å². The first kappa shape index (κ1) is 19.2. The number of rotatable bonds is 4. The molecule has 1 N–H and O–H groups in total. The standard InChI is InChI=1S/C22H27FN2O3S/c23-15-8-6-14(7-9-15)12-25-19-18(16-10-17(26)20(19)28-21(16)27)24(22(25)29)11-13-4-2-1-3-5-13/h6-9,13,16-20,26H,1-5,10-12H2/t16-,17-,18-,19-,20+/m1/s1. The molecule has 7 heteroatoms. The van der Waals surface area contributed by atoms with Crippen LogP contribution in [-0.2, 0) is 16.1 Å². The van der Waals surface area contributed by atoms with Crippen LogP contribution in [0.15, 0.2) is 24.3 Å². The Morgan fingerprint density at radius 1 is 1.10 bits per heavy atom. The van der Waals surface area contributed by atoms with Crippen LogP contribution in [0.5, 0.6) is 0 Å². The van der Waals surface area contributed by atoms with Gasteiger partial charge in [-0.3, -0.25) is 4.79 Å². The first-order valence-electron chi connectivity index (χ1n) is 10.7. The van der Waals surface area contributed by atoms with Gasteiger partial charge in [0.1, 0.15) is 11.9 Å². The zero-order chi connectivity index (χ0) is 20.1. The normalized spacial score (nSPS) is 34.5. The van der Waals surface area contributed by atoms with Crippen molar-refractivity contribution in [2.24, 2.45) is 11.8 Å². The average molecular weight is 419 g/mol. The average Bonchev–Trinajstić information content (AvgIpc) is 2.99. The number of nitrogens with zero attached hydrogens (tertiary/aromatic N) is 2. The van der Waals surface area contributed by atoms with Crippen LogP contribution in [0.1, 0.15) is 44.1 Å². The minimum Gasteiger partial charge on any atom is -0.457 e. The molecule has 0 spiro atoms. The van der Waals surface area contributed by atoms with E-state index in [9.17, 15) is 14.3 Å². The Morgan fingerprint density at radius 2 is 1.83 bits per heavy atom. The zero-order valence-electron chi connectivity index (χ0n) is 16.4. The summed E-state index contributed by atoms with van der Waals surface area (Å²) in [6, 6.07) is 6.24. The second-order valence-corrected chi connectivity index (χ2v) is 9.35. The van der Waals surface area contributed by atoms with E-state index in [1.165, 1.54) is 44.2 Å². The van der Waals surface area contributed by atoms with Gasteiger partial charge in [0.15, 0.2) is 5.11 Å². The van der Waals surface area contributed by atoms with Gasteiger partial charge in [0, 0.05) is 13.1 Å². The molecule has 2 saturated carbocycles. The predicted octanol–water partition coefficient (Wildman–Crippen LogP) is 2.85. The first-order chi connectivity index (χ1) is 14.0. The van der Waals surface area contributed by atoms with Gasteiger partial charge in [-0.05, 0) is 55.1 Å². The molecule has 0 radical (unpaired) electrons. The number of hydrogen-bond acceptors (Lipinski definition) is 4. The number of thiocarbonyl (C=S) groups is 1. The van der Waals surface area contributed by atoms with Gasteiger partial charge in [0.05, 0.1) is 24.1 Å². The van der Waals surface area contributed by atoms with E-state index >= 15 is 0 Å². The lowest BCUT2D eigenvalue weighted by Crippen LogP contribution is -2.66. The summed E-state index contributed by atoms with van der Waals surface area (Å²) in [6.45, 7) is 1.39. The molecule has 0 amide bonds. The number of halogens is 1. The Kier molecular flexibility index (Phi) is 4.98. The summed E-state index contributed by atoms with van der Waals surface area (Å²) in [6.07, 6.45) is 5.44. The summed E-state index contributed by atoms with van der Waals surface area (Å²) in [5.74, 6) is -0.230. The number of benzene rings is 1. The highest BCUT2D eigenvalue weighted by molar-refractivity contribution is 7.80. The van der Waals surface area contributed by atoms with Crippen LogP contribution < -0.4 is 0 Å². The fourth-order valence-corrected chi connectivity index (χ4v) is 6.17. The fourth-order valence-electron chi connectivity index (χ4n) is 5.79. The fraction of sp³-hybridized carbons (Fsp3) is 0.636. The van der Waals surface area contributed by atoms with Gasteiger partial charge in [-0.1, -0.05) is 31.4 Å². The van der Waals surface area contributed by atoms with Crippen molar-refractivity contribution < 1.29 is 19.0 Å². The third-order valence-corrected chi connectivity index (χ3v) is 7.65. The molecule has 1 aromatic rings. The van der Waals surface area contributed by atoms with Crippen LogP contribution >= 0.6 is 12.2 Å². The Morgan fingerprint density at radius 3 is 2.55 bits per heavy atom. The van der Waals surface area contributed by atoms with Crippen LogP contribution in [-0.4, -0.2) is 56.8 Å². The number of aliphatic hydroxyl groups excluding tert-OH is 1. The molecule has 0 unspecified atom stereocenters. The third-order valence-electron chi connectivity index (χ3n) is 7.19. The van der Waals surface area contributed by atoms with Gasteiger partial charge in [-0.2, -0.15) is 0 Å². The minimum absolute atomic E-state index is 0.0421. The van der Waals surface area contributed by atoms with Gasteiger partial charge in [-0.15, -0.1) is 0 Å². The predicted molar refractivity (Wildman–Crippen MR) is 109 cm³/mol. The van der Waals surface area contributed by atoms with Gasteiger partial charge >= 0.3 is 5.97 Å². The lowest BCUT2D eigenvalue weighted by molar-refractivity contribution is -0.199. The quantitative estimate of drug-likeness (QED) is 0.600. The van der Waals surface area contributed by atoms with Crippen LogP contribution in [0.2, 0.25) is 0 Å². The molecule has 156 valence electrons. The summed E-state index contributed by atoms with van der Waals surface area (Å²) in [5, 5.41) is 11.3. The molecule has 3 saturated heterocycles. The number of ether oxygens (including phenoxy) is 1. The largest absolute Gasteiger partial charge is 0.457 e. The van der Waals surface area contributed by atoms with E-state index in [1.807, 2.05) is 0 Å². The Balaban J connectivity index is 1.45. The SMILES string of the molecule is O=C1O[C@@H]2[C@H]3[C@@H]([C@H]1C[C@H]2O)N(CC1CCCCC1)C(=S)N3Cc1ccc(F)cc1. The maximum absolute atomic E-state index is 13.3. The first-order valence-corrected chi connectivity index (χ1v) is 11.1. The van der Waals surface area contributed by atoms with E-state index < -0.39 is 12.2 Å². The Labute approximate surface area is 175 Å². The summed E-state index contributed by atoms with van der Waals surface area (Å²) in [5.41, 5.74) is 0.953. The molecule has 5 nitrogen and oxygen atoms in total. The van der Waals surface area contributed by atoms with Crippen molar-refractivity contribution in [2.75, 3.05) is 6.54 Å². The van der Waals surface area contributed by atoms with Gasteiger partial charge in [-0.25, -0.2) is 4.39 Å². The monoisotopic (exact) mass is 418 g/mol. The summed E-state index contributed by atoms with van der Waals surface area (Å²) in [4.78, 5) is 16.9. The van der Waals surface area contributed by atoms with Crippen LogP contribution in [0.3, 0.4) is 0 Å². The van der Waals surface area contributed by atoms with Crippen molar-refractivity contribution in [3.05, 3.63) is 35.6 Å². The molecule has 5 fully saturated rings. The lowest BCUT2D eigenvalue weighted by atomic mass is 9.74. The van der Waals surface area contributed by atoms with Crippen molar-refractivity contribution >= 4 is 23.3 Å². The van der Waals surface area contributed by atoms with E-state index in [0.717, 1.165) is 17.2 Å². The number of carbonyl (C=O) groups is 1. The van der Waals surface area contributed by atoms with E-state index in [0.29, 0.717) is 18.9 Å². The molecule has 3 heterocycles. The van der Waals surface area contributed by atoms with E-state index in [4.69, 9.17) is 17.0 Å². The molecule has 5 atom stereocenters. The molecular formula is C22H27FN2O3S. The summed E-state index contributed by atoms with van der Waals surface area (Å²) in [7, 11) is 0. The van der Waals surface area contributed by atoms with Gasteiger partial charge < -0.3 is 19.6 Å². The Hall–Kier alpha value is -1.73. The maximum Gasteiger partial charge on any atom is 0.311 e. The van der Waals surface area contributed by atoms with E-state index in [1.54, 1.807) is 12.1 Å². The minimum atomic E-state index is -0.660. The molecule has 5 aliphatic rings. The second-order valence-electron chi connectivity index (χ2n) is 8.99. The van der Waals surface area contributed by atoms with Crippen LogP contribution in [0.4, 0.5) is 4.39 Å². The Bertz CT molecular complexity index is 798. The number of esters is 1. The molecule has 29 heavy (non-hydrogen) atoms. The number of carbonyl (C=O) groups excluding carboxylic acids is 1. The highest BCUT2D eigenvalue weighted by Gasteiger charge is 2.62. The third kappa shape index (κ3) is 3.32. The number of fused-ring (bicyclic) bond motifs is 2. The molecule has 1 aromatic carbocycles. The van der Waals surface area contributed by atoms with Crippen LogP contribution in [0, 0.1) is 17.7 Å². The van der Waals surface area contributed by atoms with Crippen molar-refractivity contribution in [3.63, 3.8) is 0 Å². The molecule has 2 aliphatic carbocycles. The van der Waals surface area contributed by atoms with E-state index in [2.05, 4.69) is 9.80 Å². The molecule has 2 bridgehead atoms. The van der Waals surface area contributed by atoms with Gasteiger partial charge in [0.2, 0.25) is 0 Å². The topological polar surface area (TPSA) is 53.0 Å². The second kappa shape index (κ2) is 7.51. The maximum atomic E-state index is 13.3. The van der Waals surface area contributed by atoms with Gasteiger partial charge in [0.25, 0.3) is 0 Å². The number of aliphatic hydroxyl groups is 1. The molecule has 0 aromatic heterocycles. The smallest absolute Gasteiger partial charge is 0.311 e. The zero-order valence-corrected chi connectivity index (χ0v) is 17.2. The molecule has 6 rings (SSSR count). The molecule has 3 aliphatic heterocycles. The van der Waals surface area contributed by atoms with Crippen molar-refractivity contribution in [1.29, 1.82) is 0 Å².